The van der Waals surface area contributed by atoms with E-state index < -0.39 is 25.3 Å². The summed E-state index contributed by atoms with van der Waals surface area (Å²) in [4.78, 5) is 32.8. The highest BCUT2D eigenvalue weighted by molar-refractivity contribution is 8.00. The van der Waals surface area contributed by atoms with E-state index in [1.807, 2.05) is 0 Å². The molecule has 0 radical (unpaired) electrons. The number of alkyl halides is 5. The fourth-order valence-corrected chi connectivity index (χ4v) is 5.24. The first-order valence-electron chi connectivity index (χ1n) is 9.86. The molecule has 184 valence electrons. The molecule has 0 spiro atoms. The first kappa shape index (κ1) is 28.2. The number of aromatic nitrogens is 2. The van der Waals surface area contributed by atoms with Crippen molar-refractivity contribution in [2.45, 2.75) is 29.6 Å². The number of nitrogens with zero attached hydrogens (tertiary/aromatic N) is 2. The van der Waals surface area contributed by atoms with Gasteiger partial charge in [0.25, 0.3) is 11.8 Å². The van der Waals surface area contributed by atoms with Crippen molar-refractivity contribution in [3.8, 4) is 0 Å². The minimum Gasteiger partial charge on any atom is -0.337 e. The van der Waals surface area contributed by atoms with Crippen LogP contribution in [0.2, 0.25) is 0 Å². The van der Waals surface area contributed by atoms with Gasteiger partial charge in [0.05, 0.1) is 0 Å². The molecule has 0 saturated heterocycles. The first-order valence-corrected chi connectivity index (χ1v) is 13.6. The Labute approximate surface area is 235 Å². The Kier molecular flexibility index (Phi) is 10.7. The van der Waals surface area contributed by atoms with Gasteiger partial charge in [-0.25, -0.2) is 9.97 Å². The average molecular weight is 611 g/mol. The van der Waals surface area contributed by atoms with E-state index in [1.54, 1.807) is 66.7 Å². The van der Waals surface area contributed by atoms with Crippen molar-refractivity contribution in [1.82, 2.24) is 20.6 Å². The molecule has 0 saturated carbocycles. The standard InChI is InChI=1S/C22H17Cl5N4O2S2/c23-16(24)19(30-17(32)13-7-3-1-4-8-13)35-21-28-12-11-15(29-21)34-20(22(25,26)27)31-18(33)14-9-5-2-6-10-14/h1-12,16,19-20H,(H,30,32)(H,31,33)/t19-,20+/m0/s1. The van der Waals surface area contributed by atoms with Gasteiger partial charge in [0.15, 0.2) is 5.16 Å². The van der Waals surface area contributed by atoms with Crippen molar-refractivity contribution in [3.63, 3.8) is 0 Å². The van der Waals surface area contributed by atoms with Crippen LogP contribution in [0.15, 0.2) is 83.1 Å². The SMILES string of the molecule is O=C(N[C@H](Sc1ccnc(S[C@H](NC(=O)c2ccccc2)C(Cl)Cl)n1)C(Cl)(Cl)Cl)c1ccccc1. The lowest BCUT2D eigenvalue weighted by atomic mass is 10.2. The van der Waals surface area contributed by atoms with Gasteiger partial charge < -0.3 is 10.6 Å². The van der Waals surface area contributed by atoms with Gasteiger partial charge in [-0.15, -0.1) is 23.2 Å². The molecular formula is C22H17Cl5N4O2S2. The molecule has 35 heavy (non-hydrogen) atoms. The van der Waals surface area contributed by atoms with Gasteiger partial charge in [0.2, 0.25) is 3.79 Å². The van der Waals surface area contributed by atoms with Crippen LogP contribution in [0.4, 0.5) is 0 Å². The van der Waals surface area contributed by atoms with Crippen molar-refractivity contribution in [2.24, 2.45) is 0 Å². The molecule has 3 rings (SSSR count). The van der Waals surface area contributed by atoms with E-state index in [-0.39, 0.29) is 11.1 Å². The summed E-state index contributed by atoms with van der Waals surface area (Å²) in [6.45, 7) is 0. The highest BCUT2D eigenvalue weighted by Crippen LogP contribution is 2.39. The van der Waals surface area contributed by atoms with Crippen LogP contribution in [-0.4, -0.2) is 41.2 Å². The average Bonchev–Trinajstić information content (AvgIpc) is 2.84. The summed E-state index contributed by atoms with van der Waals surface area (Å²) in [6.07, 6.45) is 1.50. The zero-order chi connectivity index (χ0) is 25.4. The summed E-state index contributed by atoms with van der Waals surface area (Å²) >= 11 is 32.7. The molecule has 2 aromatic carbocycles. The molecule has 0 aliphatic rings. The lowest BCUT2D eigenvalue weighted by Crippen LogP contribution is -2.41. The van der Waals surface area contributed by atoms with Crippen molar-refractivity contribution in [2.75, 3.05) is 0 Å². The number of nitrogens with one attached hydrogen (secondary N) is 2. The number of thioether (sulfide) groups is 2. The number of carbonyl (C=O) groups excluding carboxylic acids is 2. The molecule has 0 unspecified atom stereocenters. The normalized spacial score (nSPS) is 13.2. The molecule has 2 amide bonds. The molecule has 2 atom stereocenters. The van der Waals surface area contributed by atoms with Gasteiger partial charge >= 0.3 is 0 Å². The van der Waals surface area contributed by atoms with E-state index in [0.29, 0.717) is 16.2 Å². The monoisotopic (exact) mass is 608 g/mol. The molecule has 0 aliphatic carbocycles. The van der Waals surface area contributed by atoms with Crippen molar-refractivity contribution >= 4 is 93.3 Å². The first-order chi connectivity index (χ1) is 16.6. The highest BCUT2D eigenvalue weighted by atomic mass is 35.6. The van der Waals surface area contributed by atoms with Gasteiger partial charge in [0, 0.05) is 17.3 Å². The lowest BCUT2D eigenvalue weighted by Gasteiger charge is -2.25. The van der Waals surface area contributed by atoms with Crippen LogP contribution < -0.4 is 10.6 Å². The predicted octanol–water partition coefficient (Wildman–Crippen LogP) is 6.35. The topological polar surface area (TPSA) is 84.0 Å². The third kappa shape index (κ3) is 8.89. The quantitative estimate of drug-likeness (QED) is 0.0967. The zero-order valence-electron chi connectivity index (χ0n) is 17.6. The summed E-state index contributed by atoms with van der Waals surface area (Å²) in [5.41, 5.74) is 0.871. The smallest absolute Gasteiger partial charge is 0.252 e. The molecule has 3 aromatic rings. The molecule has 2 N–H and O–H groups in total. The van der Waals surface area contributed by atoms with E-state index in [1.165, 1.54) is 6.20 Å². The molecule has 0 bridgehead atoms. The van der Waals surface area contributed by atoms with Crippen LogP contribution in [0.1, 0.15) is 20.7 Å². The third-order valence-electron chi connectivity index (χ3n) is 4.21. The number of rotatable bonds is 9. The second kappa shape index (κ2) is 13.2. The Morgan fingerprint density at radius 1 is 0.800 bits per heavy atom. The largest absolute Gasteiger partial charge is 0.337 e. The Morgan fingerprint density at radius 2 is 1.34 bits per heavy atom. The van der Waals surface area contributed by atoms with E-state index in [9.17, 15) is 9.59 Å². The molecular weight excluding hydrogens is 594 g/mol. The Bertz CT molecular complexity index is 1140. The minimum absolute atomic E-state index is 0.275. The van der Waals surface area contributed by atoms with Crippen LogP contribution in [0.25, 0.3) is 0 Å². The molecule has 13 heteroatoms. The van der Waals surface area contributed by atoms with Gasteiger partial charge in [-0.05, 0) is 30.3 Å². The third-order valence-corrected chi connectivity index (χ3v) is 8.29. The van der Waals surface area contributed by atoms with Crippen LogP contribution in [0.5, 0.6) is 0 Å². The summed E-state index contributed by atoms with van der Waals surface area (Å²) < 4.78 is -1.84. The molecule has 0 aliphatic heterocycles. The van der Waals surface area contributed by atoms with E-state index in [0.717, 1.165) is 23.5 Å². The van der Waals surface area contributed by atoms with Crippen LogP contribution in [0, 0.1) is 0 Å². The van der Waals surface area contributed by atoms with Crippen LogP contribution in [-0.2, 0) is 0 Å². The number of hydrogen-bond donors (Lipinski definition) is 2. The zero-order valence-corrected chi connectivity index (χ0v) is 23.0. The Hall–Kier alpha value is -1.39. The number of halogens is 5. The Morgan fingerprint density at radius 3 is 1.86 bits per heavy atom. The lowest BCUT2D eigenvalue weighted by molar-refractivity contribution is 0.0942. The Balaban J connectivity index is 1.72. The van der Waals surface area contributed by atoms with Crippen molar-refractivity contribution < 1.29 is 9.59 Å². The fraction of sp³-hybridized carbons (Fsp3) is 0.182. The summed E-state index contributed by atoms with van der Waals surface area (Å²) in [6, 6.07) is 18.8. The van der Waals surface area contributed by atoms with Crippen LogP contribution in [0.3, 0.4) is 0 Å². The van der Waals surface area contributed by atoms with E-state index >= 15 is 0 Å². The minimum atomic E-state index is -1.84. The second-order valence-electron chi connectivity index (χ2n) is 6.77. The highest BCUT2D eigenvalue weighted by Gasteiger charge is 2.35. The maximum Gasteiger partial charge on any atom is 0.252 e. The number of benzene rings is 2. The summed E-state index contributed by atoms with van der Waals surface area (Å²) in [5.74, 6) is -0.756. The van der Waals surface area contributed by atoms with E-state index in [2.05, 4.69) is 20.6 Å². The van der Waals surface area contributed by atoms with Gasteiger partial charge in [-0.2, -0.15) is 0 Å². The number of amides is 2. The summed E-state index contributed by atoms with van der Waals surface area (Å²) in [7, 11) is 0. The number of carbonyl (C=O) groups is 2. The van der Waals surface area contributed by atoms with Gasteiger partial charge in [0.1, 0.15) is 20.6 Å². The van der Waals surface area contributed by atoms with Crippen molar-refractivity contribution in [3.05, 3.63) is 84.1 Å². The van der Waals surface area contributed by atoms with Gasteiger partial charge in [-0.1, -0.05) is 94.7 Å². The fourth-order valence-electron chi connectivity index (χ4n) is 2.60. The molecule has 0 fully saturated rings. The maximum atomic E-state index is 12.6. The van der Waals surface area contributed by atoms with E-state index in [4.69, 9.17) is 58.0 Å². The molecule has 6 nitrogen and oxygen atoms in total. The van der Waals surface area contributed by atoms with Gasteiger partial charge in [-0.3, -0.25) is 9.59 Å². The van der Waals surface area contributed by atoms with Crippen molar-refractivity contribution in [1.29, 1.82) is 0 Å². The second-order valence-corrected chi connectivity index (χ2v) is 12.5. The summed E-state index contributed by atoms with van der Waals surface area (Å²) in [5, 5.41) is 4.46. The van der Waals surface area contributed by atoms with Crippen LogP contribution >= 0.6 is 81.5 Å². The maximum absolute atomic E-state index is 12.6. The molecule has 1 aromatic heterocycles. The molecule has 1 heterocycles. The predicted molar refractivity (Wildman–Crippen MR) is 145 cm³/mol. The number of hydrogen-bond acceptors (Lipinski definition) is 6.